The van der Waals surface area contributed by atoms with Crippen LogP contribution in [-0.4, -0.2) is 21.9 Å². The SMILES string of the molecule is C[C@H](c1cc2ccccc2o1)N(C)Cc1nc2ccccc2c(=O)[nH]1. The summed E-state index contributed by atoms with van der Waals surface area (Å²) >= 11 is 0. The molecule has 1 N–H and O–H groups in total. The summed E-state index contributed by atoms with van der Waals surface area (Å²) in [5.74, 6) is 1.54. The zero-order chi connectivity index (χ0) is 17.4. The van der Waals surface area contributed by atoms with E-state index in [1.807, 2.05) is 49.5 Å². The Morgan fingerprint density at radius 3 is 2.76 bits per heavy atom. The molecule has 2 aromatic carbocycles. The van der Waals surface area contributed by atoms with E-state index in [9.17, 15) is 4.79 Å². The normalized spacial score (nSPS) is 12.9. The minimum Gasteiger partial charge on any atom is -0.459 e. The van der Waals surface area contributed by atoms with Gasteiger partial charge in [-0.25, -0.2) is 4.98 Å². The predicted octanol–water partition coefficient (Wildman–Crippen LogP) is 3.86. The van der Waals surface area contributed by atoms with Crippen molar-refractivity contribution in [2.75, 3.05) is 7.05 Å². The van der Waals surface area contributed by atoms with Crippen molar-refractivity contribution >= 4 is 21.9 Å². The first-order chi connectivity index (χ1) is 12.1. The number of hydrogen-bond acceptors (Lipinski definition) is 4. The number of aromatic amines is 1. The van der Waals surface area contributed by atoms with Gasteiger partial charge in [0.1, 0.15) is 17.2 Å². The van der Waals surface area contributed by atoms with Crippen LogP contribution < -0.4 is 5.56 Å². The number of nitrogens with zero attached hydrogens (tertiary/aromatic N) is 2. The van der Waals surface area contributed by atoms with Gasteiger partial charge in [-0.2, -0.15) is 0 Å². The van der Waals surface area contributed by atoms with E-state index >= 15 is 0 Å². The molecule has 2 aromatic heterocycles. The summed E-state index contributed by atoms with van der Waals surface area (Å²) in [4.78, 5) is 21.7. The van der Waals surface area contributed by atoms with E-state index in [0.29, 0.717) is 23.3 Å². The van der Waals surface area contributed by atoms with Crippen LogP contribution in [-0.2, 0) is 6.54 Å². The van der Waals surface area contributed by atoms with Crippen molar-refractivity contribution in [3.8, 4) is 0 Å². The molecule has 4 aromatic rings. The molecular weight excluding hydrogens is 314 g/mol. The number of benzene rings is 2. The van der Waals surface area contributed by atoms with E-state index in [2.05, 4.69) is 27.9 Å². The molecular formula is C20H19N3O2. The highest BCUT2D eigenvalue weighted by molar-refractivity contribution is 5.78. The summed E-state index contributed by atoms with van der Waals surface area (Å²) < 4.78 is 5.95. The number of para-hydroxylation sites is 2. The summed E-state index contributed by atoms with van der Waals surface area (Å²) in [5.41, 5.74) is 1.49. The molecule has 4 rings (SSSR count). The maximum absolute atomic E-state index is 12.2. The molecule has 0 radical (unpaired) electrons. The third-order valence-electron chi connectivity index (χ3n) is 4.58. The molecule has 0 amide bonds. The lowest BCUT2D eigenvalue weighted by molar-refractivity contribution is 0.221. The highest BCUT2D eigenvalue weighted by Gasteiger charge is 2.17. The Kier molecular flexibility index (Phi) is 3.86. The molecule has 5 nitrogen and oxygen atoms in total. The maximum Gasteiger partial charge on any atom is 0.258 e. The van der Waals surface area contributed by atoms with Crippen molar-refractivity contribution in [3.63, 3.8) is 0 Å². The average molecular weight is 333 g/mol. The zero-order valence-corrected chi connectivity index (χ0v) is 14.2. The van der Waals surface area contributed by atoms with Crippen LogP contribution in [0.5, 0.6) is 0 Å². The number of furan rings is 1. The fourth-order valence-electron chi connectivity index (χ4n) is 3.01. The van der Waals surface area contributed by atoms with Gasteiger partial charge in [-0.05, 0) is 38.2 Å². The molecule has 0 unspecified atom stereocenters. The van der Waals surface area contributed by atoms with Crippen molar-refractivity contribution in [1.82, 2.24) is 14.9 Å². The fourth-order valence-corrected chi connectivity index (χ4v) is 3.01. The Morgan fingerprint density at radius 2 is 1.92 bits per heavy atom. The first-order valence-electron chi connectivity index (χ1n) is 8.28. The molecule has 0 bridgehead atoms. The van der Waals surface area contributed by atoms with E-state index in [1.165, 1.54) is 0 Å². The zero-order valence-electron chi connectivity index (χ0n) is 14.2. The van der Waals surface area contributed by atoms with Gasteiger partial charge in [0.15, 0.2) is 0 Å². The molecule has 0 saturated heterocycles. The van der Waals surface area contributed by atoms with E-state index in [0.717, 1.165) is 16.7 Å². The number of hydrogen-bond donors (Lipinski definition) is 1. The van der Waals surface area contributed by atoms with Crippen LogP contribution >= 0.6 is 0 Å². The van der Waals surface area contributed by atoms with Gasteiger partial charge < -0.3 is 9.40 Å². The van der Waals surface area contributed by atoms with Gasteiger partial charge >= 0.3 is 0 Å². The molecule has 0 saturated carbocycles. The van der Waals surface area contributed by atoms with E-state index in [1.54, 1.807) is 6.07 Å². The summed E-state index contributed by atoms with van der Waals surface area (Å²) in [5, 5.41) is 1.70. The number of fused-ring (bicyclic) bond motifs is 2. The average Bonchev–Trinajstić information content (AvgIpc) is 3.05. The lowest BCUT2D eigenvalue weighted by atomic mass is 10.2. The standard InChI is InChI=1S/C20H19N3O2/c1-13(18-11-14-7-3-6-10-17(14)25-18)23(2)12-19-21-16-9-5-4-8-15(16)20(24)22-19/h3-11,13H,12H2,1-2H3,(H,21,22,24)/t13-/m1/s1. The van der Waals surface area contributed by atoms with Gasteiger partial charge in [0.05, 0.1) is 23.5 Å². The summed E-state index contributed by atoms with van der Waals surface area (Å²) in [7, 11) is 1.99. The topological polar surface area (TPSA) is 62.1 Å². The molecule has 0 spiro atoms. The molecule has 5 heteroatoms. The summed E-state index contributed by atoms with van der Waals surface area (Å²) in [6.45, 7) is 2.61. The minimum atomic E-state index is -0.106. The molecule has 1 atom stereocenters. The van der Waals surface area contributed by atoms with Gasteiger partial charge in [-0.3, -0.25) is 9.69 Å². The van der Waals surface area contributed by atoms with Crippen LogP contribution in [0.25, 0.3) is 21.9 Å². The molecule has 126 valence electrons. The molecule has 0 aliphatic carbocycles. The van der Waals surface area contributed by atoms with Gasteiger partial charge in [0, 0.05) is 5.39 Å². The first-order valence-corrected chi connectivity index (χ1v) is 8.28. The van der Waals surface area contributed by atoms with Crippen LogP contribution in [0.15, 0.2) is 63.8 Å². The molecule has 0 aliphatic heterocycles. The Hall–Kier alpha value is -2.92. The lowest BCUT2D eigenvalue weighted by Crippen LogP contribution is -2.24. The summed E-state index contributed by atoms with van der Waals surface area (Å²) in [6.07, 6.45) is 0. The number of H-pyrrole nitrogens is 1. The van der Waals surface area contributed by atoms with Crippen molar-refractivity contribution in [2.45, 2.75) is 19.5 Å². The first kappa shape index (κ1) is 15.6. The van der Waals surface area contributed by atoms with Gasteiger partial charge in [-0.15, -0.1) is 0 Å². The van der Waals surface area contributed by atoms with Crippen molar-refractivity contribution in [2.24, 2.45) is 0 Å². The second kappa shape index (κ2) is 6.18. The van der Waals surface area contributed by atoms with Gasteiger partial charge in [0.2, 0.25) is 0 Å². The number of nitrogens with one attached hydrogen (secondary N) is 1. The van der Waals surface area contributed by atoms with Crippen LogP contribution in [0, 0.1) is 0 Å². The molecule has 25 heavy (non-hydrogen) atoms. The summed E-state index contributed by atoms with van der Waals surface area (Å²) in [6, 6.07) is 17.5. The maximum atomic E-state index is 12.2. The second-order valence-electron chi connectivity index (χ2n) is 6.31. The smallest absolute Gasteiger partial charge is 0.258 e. The quantitative estimate of drug-likeness (QED) is 0.616. The minimum absolute atomic E-state index is 0.0594. The Balaban J connectivity index is 1.60. The largest absolute Gasteiger partial charge is 0.459 e. The highest BCUT2D eigenvalue weighted by atomic mass is 16.3. The number of rotatable bonds is 4. The van der Waals surface area contributed by atoms with Crippen molar-refractivity contribution in [3.05, 3.63) is 76.5 Å². The molecule has 2 heterocycles. The third-order valence-corrected chi connectivity index (χ3v) is 4.58. The number of aromatic nitrogens is 2. The van der Waals surface area contributed by atoms with Gasteiger partial charge in [0.25, 0.3) is 5.56 Å². The Bertz CT molecular complexity index is 1060. The van der Waals surface area contributed by atoms with Gasteiger partial charge in [-0.1, -0.05) is 30.3 Å². The Morgan fingerprint density at radius 1 is 1.16 bits per heavy atom. The predicted molar refractivity (Wildman–Crippen MR) is 98.5 cm³/mol. The monoisotopic (exact) mass is 333 g/mol. The second-order valence-corrected chi connectivity index (χ2v) is 6.31. The van der Waals surface area contributed by atoms with E-state index in [4.69, 9.17) is 4.42 Å². The molecule has 0 fully saturated rings. The van der Waals surface area contributed by atoms with Crippen molar-refractivity contribution < 1.29 is 4.42 Å². The van der Waals surface area contributed by atoms with E-state index in [-0.39, 0.29) is 11.6 Å². The van der Waals surface area contributed by atoms with Crippen LogP contribution in [0.4, 0.5) is 0 Å². The van der Waals surface area contributed by atoms with E-state index < -0.39 is 0 Å². The van der Waals surface area contributed by atoms with Crippen LogP contribution in [0.1, 0.15) is 24.6 Å². The van der Waals surface area contributed by atoms with Crippen LogP contribution in [0.3, 0.4) is 0 Å². The molecule has 0 aliphatic rings. The Labute approximate surface area is 144 Å². The third kappa shape index (κ3) is 2.94. The van der Waals surface area contributed by atoms with Crippen molar-refractivity contribution in [1.29, 1.82) is 0 Å². The van der Waals surface area contributed by atoms with Crippen LogP contribution in [0.2, 0.25) is 0 Å². The lowest BCUT2D eigenvalue weighted by Gasteiger charge is -2.22. The highest BCUT2D eigenvalue weighted by Crippen LogP contribution is 2.27. The fraction of sp³-hybridized carbons (Fsp3) is 0.200.